The molecule has 0 atom stereocenters. The Labute approximate surface area is 170 Å². The molecule has 3 rings (SSSR count). The molecule has 150 valence electrons. The SMILES string of the molecule is CC1CCC(C(=O)Oc2ccc(C=CC(=O)c3ccc(C(=O)O)cc3)cc2)CC1. The van der Waals surface area contributed by atoms with Gasteiger partial charge in [-0.05, 0) is 67.5 Å². The summed E-state index contributed by atoms with van der Waals surface area (Å²) in [5.74, 6) is -0.247. The minimum Gasteiger partial charge on any atom is -0.478 e. The number of aromatic carboxylic acids is 1. The minimum absolute atomic E-state index is 0.0177. The van der Waals surface area contributed by atoms with E-state index in [1.54, 1.807) is 30.3 Å². The standard InChI is InChI=1S/C24H24O5/c1-16-2-7-20(8-3-16)24(28)29-21-13-4-17(5-14-21)6-15-22(25)18-9-11-19(12-10-18)23(26)27/h4-6,9-16,20H,2-3,7-8H2,1H3,(H,26,27). The first-order valence-corrected chi connectivity index (χ1v) is 9.80. The highest BCUT2D eigenvalue weighted by Gasteiger charge is 2.25. The van der Waals surface area contributed by atoms with Crippen molar-refractivity contribution in [3.63, 3.8) is 0 Å². The lowest BCUT2D eigenvalue weighted by Crippen LogP contribution is -2.24. The molecular formula is C24H24O5. The zero-order valence-corrected chi connectivity index (χ0v) is 16.3. The van der Waals surface area contributed by atoms with Crippen molar-refractivity contribution >= 4 is 23.8 Å². The van der Waals surface area contributed by atoms with Gasteiger partial charge < -0.3 is 9.84 Å². The Balaban J connectivity index is 1.56. The predicted molar refractivity (Wildman–Crippen MR) is 110 cm³/mol. The second-order valence-corrected chi connectivity index (χ2v) is 7.53. The molecule has 0 saturated heterocycles. The molecule has 5 heteroatoms. The van der Waals surface area contributed by atoms with Crippen LogP contribution in [-0.2, 0) is 4.79 Å². The van der Waals surface area contributed by atoms with Crippen LogP contribution >= 0.6 is 0 Å². The Kier molecular flexibility index (Phi) is 6.60. The highest BCUT2D eigenvalue weighted by molar-refractivity contribution is 6.07. The number of ether oxygens (including phenoxy) is 1. The molecule has 0 amide bonds. The second kappa shape index (κ2) is 9.32. The molecule has 1 saturated carbocycles. The zero-order valence-electron chi connectivity index (χ0n) is 16.3. The van der Waals surface area contributed by atoms with E-state index < -0.39 is 5.97 Å². The molecule has 0 unspecified atom stereocenters. The van der Waals surface area contributed by atoms with E-state index in [0.717, 1.165) is 31.2 Å². The number of carbonyl (C=O) groups is 3. The molecule has 0 aromatic heterocycles. The van der Waals surface area contributed by atoms with Crippen LogP contribution in [0.15, 0.2) is 54.6 Å². The molecule has 0 spiro atoms. The third-order valence-electron chi connectivity index (χ3n) is 5.29. The van der Waals surface area contributed by atoms with Crippen molar-refractivity contribution in [2.75, 3.05) is 0 Å². The molecule has 5 nitrogen and oxygen atoms in total. The van der Waals surface area contributed by atoms with Crippen LogP contribution in [0.5, 0.6) is 5.75 Å². The molecule has 1 fully saturated rings. The van der Waals surface area contributed by atoms with Gasteiger partial charge in [0.05, 0.1) is 11.5 Å². The molecule has 2 aromatic carbocycles. The van der Waals surface area contributed by atoms with Gasteiger partial charge in [-0.2, -0.15) is 0 Å². The van der Waals surface area contributed by atoms with Crippen LogP contribution in [0.25, 0.3) is 6.08 Å². The third kappa shape index (κ3) is 5.64. The maximum Gasteiger partial charge on any atom is 0.335 e. The lowest BCUT2D eigenvalue weighted by Gasteiger charge is -2.24. The van der Waals surface area contributed by atoms with E-state index in [0.29, 0.717) is 17.2 Å². The normalized spacial score (nSPS) is 19.1. The number of esters is 1. The van der Waals surface area contributed by atoms with E-state index in [-0.39, 0.29) is 23.2 Å². The van der Waals surface area contributed by atoms with Gasteiger partial charge in [0.15, 0.2) is 5.78 Å². The van der Waals surface area contributed by atoms with Gasteiger partial charge >= 0.3 is 11.9 Å². The van der Waals surface area contributed by atoms with Crippen LogP contribution in [0.2, 0.25) is 0 Å². The zero-order chi connectivity index (χ0) is 20.8. The largest absolute Gasteiger partial charge is 0.478 e. The topological polar surface area (TPSA) is 80.7 Å². The third-order valence-corrected chi connectivity index (χ3v) is 5.29. The lowest BCUT2D eigenvalue weighted by atomic mass is 9.83. The summed E-state index contributed by atoms with van der Waals surface area (Å²) in [6, 6.07) is 12.8. The summed E-state index contributed by atoms with van der Waals surface area (Å²) in [4.78, 5) is 35.3. The van der Waals surface area contributed by atoms with Crippen molar-refractivity contribution < 1.29 is 24.2 Å². The summed E-state index contributed by atoms with van der Waals surface area (Å²) in [5, 5.41) is 8.90. The van der Waals surface area contributed by atoms with Crippen LogP contribution in [0, 0.1) is 11.8 Å². The molecule has 1 N–H and O–H groups in total. The number of benzene rings is 2. The van der Waals surface area contributed by atoms with Crippen molar-refractivity contribution in [1.82, 2.24) is 0 Å². The average molecular weight is 392 g/mol. The molecular weight excluding hydrogens is 368 g/mol. The Morgan fingerprint density at radius 2 is 1.48 bits per heavy atom. The number of ketones is 1. The van der Waals surface area contributed by atoms with Gasteiger partial charge in [0.1, 0.15) is 5.75 Å². The molecule has 0 bridgehead atoms. The van der Waals surface area contributed by atoms with Gasteiger partial charge in [0.25, 0.3) is 0 Å². The van der Waals surface area contributed by atoms with Crippen molar-refractivity contribution in [2.24, 2.45) is 11.8 Å². The fraction of sp³-hybridized carbons (Fsp3) is 0.292. The van der Waals surface area contributed by atoms with E-state index in [4.69, 9.17) is 9.84 Å². The van der Waals surface area contributed by atoms with Gasteiger partial charge in [-0.1, -0.05) is 37.3 Å². The summed E-state index contributed by atoms with van der Waals surface area (Å²) in [7, 11) is 0. The van der Waals surface area contributed by atoms with Crippen LogP contribution in [0.1, 0.15) is 58.9 Å². The molecule has 0 heterocycles. The van der Waals surface area contributed by atoms with Crippen molar-refractivity contribution in [3.8, 4) is 5.75 Å². The molecule has 2 aromatic rings. The number of rotatable bonds is 6. The first-order valence-electron chi connectivity index (χ1n) is 9.80. The van der Waals surface area contributed by atoms with E-state index in [1.165, 1.54) is 30.3 Å². The smallest absolute Gasteiger partial charge is 0.335 e. The first kappa shape index (κ1) is 20.5. The van der Waals surface area contributed by atoms with Gasteiger partial charge in [-0.25, -0.2) is 4.79 Å². The molecule has 1 aliphatic carbocycles. The van der Waals surface area contributed by atoms with E-state index in [9.17, 15) is 14.4 Å². The monoisotopic (exact) mass is 392 g/mol. The minimum atomic E-state index is -1.03. The number of hydrogen-bond acceptors (Lipinski definition) is 4. The average Bonchev–Trinajstić information content (AvgIpc) is 2.73. The summed E-state index contributed by atoms with van der Waals surface area (Å²) >= 11 is 0. The van der Waals surface area contributed by atoms with Crippen LogP contribution in [-0.4, -0.2) is 22.8 Å². The van der Waals surface area contributed by atoms with E-state index in [2.05, 4.69) is 6.92 Å². The second-order valence-electron chi connectivity index (χ2n) is 7.53. The van der Waals surface area contributed by atoms with Crippen molar-refractivity contribution in [1.29, 1.82) is 0 Å². The number of carboxylic acid groups (broad SMARTS) is 1. The fourth-order valence-electron chi connectivity index (χ4n) is 3.39. The number of carboxylic acids is 1. The summed E-state index contributed by atoms with van der Waals surface area (Å²) in [6.45, 7) is 2.21. The Bertz CT molecular complexity index is 901. The maximum absolute atomic E-state index is 12.3. The van der Waals surface area contributed by atoms with Gasteiger partial charge in [-0.3, -0.25) is 9.59 Å². The van der Waals surface area contributed by atoms with E-state index in [1.807, 2.05) is 0 Å². The first-order chi connectivity index (χ1) is 13.9. The van der Waals surface area contributed by atoms with Gasteiger partial charge in [-0.15, -0.1) is 0 Å². The number of hydrogen-bond donors (Lipinski definition) is 1. The van der Waals surface area contributed by atoms with E-state index >= 15 is 0 Å². The maximum atomic E-state index is 12.3. The van der Waals surface area contributed by atoms with Crippen LogP contribution < -0.4 is 4.74 Å². The number of carbonyl (C=O) groups excluding carboxylic acids is 2. The van der Waals surface area contributed by atoms with Crippen molar-refractivity contribution in [2.45, 2.75) is 32.6 Å². The molecule has 29 heavy (non-hydrogen) atoms. The molecule has 1 aliphatic rings. The summed E-state index contributed by atoms with van der Waals surface area (Å²) in [5.41, 5.74) is 1.35. The quantitative estimate of drug-likeness (QED) is 0.323. The molecule has 0 radical (unpaired) electrons. The van der Waals surface area contributed by atoms with Crippen LogP contribution in [0.4, 0.5) is 0 Å². The Hall–Kier alpha value is -3.21. The Morgan fingerprint density at radius 1 is 0.897 bits per heavy atom. The van der Waals surface area contributed by atoms with Crippen LogP contribution in [0.3, 0.4) is 0 Å². The summed E-state index contributed by atoms with van der Waals surface area (Å²) < 4.78 is 5.49. The highest BCUT2D eigenvalue weighted by atomic mass is 16.5. The fourth-order valence-corrected chi connectivity index (χ4v) is 3.39. The lowest BCUT2D eigenvalue weighted by molar-refractivity contribution is -0.140. The predicted octanol–water partition coefficient (Wildman–Crippen LogP) is 5.01. The highest BCUT2D eigenvalue weighted by Crippen LogP contribution is 2.29. The Morgan fingerprint density at radius 3 is 2.07 bits per heavy atom. The number of allylic oxidation sites excluding steroid dienone is 1. The summed E-state index contributed by atoms with van der Waals surface area (Å²) in [6.07, 6.45) is 7.00. The van der Waals surface area contributed by atoms with Crippen molar-refractivity contribution in [3.05, 3.63) is 71.3 Å². The molecule has 0 aliphatic heterocycles. The van der Waals surface area contributed by atoms with Gasteiger partial charge in [0, 0.05) is 5.56 Å². The van der Waals surface area contributed by atoms with Gasteiger partial charge in [0.2, 0.25) is 0 Å².